The minimum absolute atomic E-state index is 0.491. The van der Waals surface area contributed by atoms with E-state index in [0.29, 0.717) is 12.1 Å². The molecule has 2 rings (SSSR count). The van der Waals surface area contributed by atoms with E-state index in [9.17, 15) is 0 Å². The lowest BCUT2D eigenvalue weighted by molar-refractivity contribution is 0.235. The Morgan fingerprint density at radius 3 is 1.86 bits per heavy atom. The van der Waals surface area contributed by atoms with E-state index < -0.39 is 0 Å². The highest BCUT2D eigenvalue weighted by molar-refractivity contribution is 5.78. The Balaban J connectivity index is 1.66. The van der Waals surface area contributed by atoms with Crippen molar-refractivity contribution < 1.29 is 0 Å². The predicted octanol–water partition coefficient (Wildman–Crippen LogP) is 7.44. The first-order valence-corrected chi connectivity index (χ1v) is 13.3. The van der Waals surface area contributed by atoms with Crippen LogP contribution in [0.5, 0.6) is 0 Å². The molecule has 170 valence electrons. The Labute approximate surface area is 182 Å². The second-order valence-electron chi connectivity index (χ2n) is 10.3. The van der Waals surface area contributed by atoms with Crippen molar-refractivity contribution in [2.45, 2.75) is 148 Å². The zero-order valence-electron chi connectivity index (χ0n) is 19.8. The van der Waals surface area contributed by atoms with Gasteiger partial charge >= 0.3 is 0 Å². The van der Waals surface area contributed by atoms with Crippen molar-refractivity contribution in [3.63, 3.8) is 0 Å². The quantitative estimate of drug-likeness (QED) is 0.196. The zero-order chi connectivity index (χ0) is 20.7. The van der Waals surface area contributed by atoms with Crippen molar-refractivity contribution in [1.82, 2.24) is 4.90 Å². The Morgan fingerprint density at radius 2 is 1.28 bits per heavy atom. The van der Waals surface area contributed by atoms with Crippen LogP contribution in [0.15, 0.2) is 4.99 Å². The van der Waals surface area contributed by atoms with Crippen molar-refractivity contribution >= 4 is 5.96 Å². The van der Waals surface area contributed by atoms with Crippen molar-refractivity contribution in [2.75, 3.05) is 6.54 Å². The van der Waals surface area contributed by atoms with Crippen molar-refractivity contribution in [1.29, 1.82) is 0 Å². The Kier molecular flexibility index (Phi) is 12.8. The summed E-state index contributed by atoms with van der Waals surface area (Å²) < 4.78 is 0. The molecule has 0 saturated heterocycles. The van der Waals surface area contributed by atoms with Crippen LogP contribution >= 0.6 is 0 Å². The molecular formula is C26H51N3. The van der Waals surface area contributed by atoms with E-state index in [0.717, 1.165) is 18.4 Å². The molecule has 2 N–H and O–H groups in total. The molecule has 2 aliphatic carbocycles. The molecule has 0 unspecified atom stereocenters. The van der Waals surface area contributed by atoms with Crippen molar-refractivity contribution in [3.8, 4) is 0 Å². The highest BCUT2D eigenvalue weighted by Gasteiger charge is 2.23. The summed E-state index contributed by atoms with van der Waals surface area (Å²) in [6.45, 7) is 5.80. The smallest absolute Gasteiger partial charge is 0.191 e. The van der Waals surface area contributed by atoms with Gasteiger partial charge in [0.15, 0.2) is 5.96 Å². The molecule has 0 amide bonds. The van der Waals surface area contributed by atoms with Gasteiger partial charge in [0.25, 0.3) is 0 Å². The van der Waals surface area contributed by atoms with E-state index in [4.69, 9.17) is 10.7 Å². The Morgan fingerprint density at radius 1 is 0.759 bits per heavy atom. The maximum Gasteiger partial charge on any atom is 0.191 e. The number of unbranched alkanes of at least 4 members (excludes halogenated alkanes) is 7. The maximum atomic E-state index is 6.59. The number of rotatable bonds is 13. The first kappa shape index (κ1) is 24.5. The zero-order valence-corrected chi connectivity index (χ0v) is 19.8. The third-order valence-electron chi connectivity index (χ3n) is 7.13. The summed E-state index contributed by atoms with van der Waals surface area (Å²) in [6, 6.07) is 1.14. The summed E-state index contributed by atoms with van der Waals surface area (Å²) in [7, 11) is 0. The molecule has 0 aliphatic heterocycles. The molecular weight excluding hydrogens is 354 g/mol. The third-order valence-corrected chi connectivity index (χ3v) is 7.13. The van der Waals surface area contributed by atoms with E-state index in [-0.39, 0.29) is 0 Å². The fraction of sp³-hybridized carbons (Fsp3) is 0.962. The highest BCUT2D eigenvalue weighted by Crippen LogP contribution is 2.25. The molecule has 0 aromatic heterocycles. The van der Waals surface area contributed by atoms with Gasteiger partial charge in [-0.05, 0) is 38.0 Å². The molecule has 0 spiro atoms. The van der Waals surface area contributed by atoms with Gasteiger partial charge in [-0.1, -0.05) is 104 Å². The minimum atomic E-state index is 0.491. The number of nitrogens with zero attached hydrogens (tertiary/aromatic N) is 2. The van der Waals surface area contributed by atoms with Crippen LogP contribution in [-0.2, 0) is 0 Å². The van der Waals surface area contributed by atoms with Gasteiger partial charge in [-0.3, -0.25) is 0 Å². The van der Waals surface area contributed by atoms with E-state index >= 15 is 0 Å². The maximum absolute atomic E-state index is 6.59. The van der Waals surface area contributed by atoms with Crippen molar-refractivity contribution in [3.05, 3.63) is 0 Å². The number of guanidine groups is 1. The van der Waals surface area contributed by atoms with Gasteiger partial charge in [0, 0.05) is 12.6 Å². The molecule has 2 saturated carbocycles. The van der Waals surface area contributed by atoms with Crippen LogP contribution < -0.4 is 5.73 Å². The molecule has 0 aromatic carbocycles. The Bertz CT molecular complexity index is 420. The van der Waals surface area contributed by atoms with Crippen LogP contribution in [-0.4, -0.2) is 29.5 Å². The molecule has 29 heavy (non-hydrogen) atoms. The fourth-order valence-corrected chi connectivity index (χ4v) is 5.24. The summed E-state index contributed by atoms with van der Waals surface area (Å²) in [5.74, 6) is 1.74. The normalized spacial score (nSPS) is 19.8. The minimum Gasteiger partial charge on any atom is -0.370 e. The monoisotopic (exact) mass is 405 g/mol. The van der Waals surface area contributed by atoms with Crippen LogP contribution in [0.25, 0.3) is 0 Å². The molecule has 0 heterocycles. The molecule has 0 atom stereocenters. The molecule has 0 bridgehead atoms. The van der Waals surface area contributed by atoms with Gasteiger partial charge in [-0.2, -0.15) is 0 Å². The van der Waals surface area contributed by atoms with Gasteiger partial charge in [0.1, 0.15) is 0 Å². The average molecular weight is 406 g/mol. The Hall–Kier alpha value is -0.730. The van der Waals surface area contributed by atoms with E-state index in [1.165, 1.54) is 122 Å². The lowest BCUT2D eigenvalue weighted by Gasteiger charge is -2.36. The lowest BCUT2D eigenvalue weighted by atomic mass is 9.94. The SMILES string of the molecule is CC(C)CCCCCCCCCCN(C(N)=NC1CCCCC1)C1CCCCC1. The number of nitrogens with two attached hydrogens (primary N) is 1. The average Bonchev–Trinajstić information content (AvgIpc) is 2.73. The van der Waals surface area contributed by atoms with E-state index in [1.807, 2.05) is 0 Å². The second kappa shape index (κ2) is 15.1. The van der Waals surface area contributed by atoms with Crippen LogP contribution in [0.3, 0.4) is 0 Å². The first-order chi connectivity index (χ1) is 14.2. The lowest BCUT2D eigenvalue weighted by Crippen LogP contribution is -2.46. The molecule has 3 heteroatoms. The number of hydrogen-bond donors (Lipinski definition) is 1. The van der Waals surface area contributed by atoms with E-state index in [2.05, 4.69) is 18.7 Å². The number of aliphatic imine (C=N–C) groups is 1. The van der Waals surface area contributed by atoms with E-state index in [1.54, 1.807) is 0 Å². The van der Waals surface area contributed by atoms with Gasteiger partial charge < -0.3 is 10.6 Å². The van der Waals surface area contributed by atoms with Gasteiger partial charge in [-0.15, -0.1) is 0 Å². The molecule has 2 aliphatic rings. The van der Waals surface area contributed by atoms with Crippen LogP contribution in [0.4, 0.5) is 0 Å². The summed E-state index contributed by atoms with van der Waals surface area (Å²) >= 11 is 0. The number of hydrogen-bond acceptors (Lipinski definition) is 1. The first-order valence-electron chi connectivity index (χ1n) is 13.3. The standard InChI is InChI=1S/C26H51N3/c1-23(2)17-11-7-5-3-4-6-8-16-22-29(25-20-14-10-15-21-25)26(27)28-24-18-12-9-13-19-24/h23-25H,3-22H2,1-2H3,(H2,27,28). The summed E-state index contributed by atoms with van der Waals surface area (Å²) in [5, 5.41) is 0. The second-order valence-corrected chi connectivity index (χ2v) is 10.3. The van der Waals surface area contributed by atoms with Crippen LogP contribution in [0, 0.1) is 5.92 Å². The topological polar surface area (TPSA) is 41.6 Å². The highest BCUT2D eigenvalue weighted by atomic mass is 15.3. The van der Waals surface area contributed by atoms with Gasteiger partial charge in [0.05, 0.1) is 6.04 Å². The fourth-order valence-electron chi connectivity index (χ4n) is 5.24. The summed E-state index contributed by atoms with van der Waals surface area (Å²) in [6.07, 6.45) is 25.9. The molecule has 2 fully saturated rings. The summed E-state index contributed by atoms with van der Waals surface area (Å²) in [5.41, 5.74) is 6.59. The van der Waals surface area contributed by atoms with Gasteiger partial charge in [-0.25, -0.2) is 4.99 Å². The summed E-state index contributed by atoms with van der Waals surface area (Å²) in [4.78, 5) is 7.51. The van der Waals surface area contributed by atoms with Gasteiger partial charge in [0.2, 0.25) is 0 Å². The molecule has 0 radical (unpaired) electrons. The van der Waals surface area contributed by atoms with Crippen LogP contribution in [0.1, 0.15) is 136 Å². The third kappa shape index (κ3) is 10.7. The predicted molar refractivity (Wildman–Crippen MR) is 128 cm³/mol. The molecule has 3 nitrogen and oxygen atoms in total. The van der Waals surface area contributed by atoms with Crippen LogP contribution in [0.2, 0.25) is 0 Å². The van der Waals surface area contributed by atoms with Crippen molar-refractivity contribution in [2.24, 2.45) is 16.6 Å². The largest absolute Gasteiger partial charge is 0.370 e. The molecule has 0 aromatic rings.